The van der Waals surface area contributed by atoms with Gasteiger partial charge in [-0.2, -0.15) is 0 Å². The van der Waals surface area contributed by atoms with Gasteiger partial charge in [0.25, 0.3) is 5.91 Å². The maximum absolute atomic E-state index is 13.2. The van der Waals surface area contributed by atoms with Crippen LogP contribution in [-0.2, 0) is 4.79 Å². The van der Waals surface area contributed by atoms with E-state index in [0.29, 0.717) is 0 Å². The third-order valence-electron chi connectivity index (χ3n) is 1.64. The molecule has 1 heterocycles. The van der Waals surface area contributed by atoms with Gasteiger partial charge in [0.15, 0.2) is 0 Å². The summed E-state index contributed by atoms with van der Waals surface area (Å²) in [7, 11) is 0. The number of carbonyl (C=O) groups is 1. The molecule has 0 radical (unpaired) electrons. The van der Waals surface area contributed by atoms with Crippen molar-refractivity contribution < 1.29 is 9.18 Å². The summed E-state index contributed by atoms with van der Waals surface area (Å²) in [6.45, 7) is 3.91. The molecule has 0 atom stereocenters. The van der Waals surface area contributed by atoms with E-state index in [1.165, 1.54) is 0 Å². The van der Waals surface area contributed by atoms with Crippen molar-refractivity contribution in [3.05, 3.63) is 0 Å². The second-order valence-electron chi connectivity index (χ2n) is 3.20. The van der Waals surface area contributed by atoms with Crippen molar-refractivity contribution in [1.29, 1.82) is 0 Å². The Balaban J connectivity index is 2.40. The number of carbonyl (C=O) groups excluding carboxylic acids is 1. The van der Waals surface area contributed by atoms with Crippen LogP contribution in [0.3, 0.4) is 0 Å². The van der Waals surface area contributed by atoms with Gasteiger partial charge in [-0.25, -0.2) is 4.39 Å². The van der Waals surface area contributed by atoms with Gasteiger partial charge >= 0.3 is 0 Å². The zero-order valence-corrected chi connectivity index (χ0v) is 6.78. The van der Waals surface area contributed by atoms with Gasteiger partial charge in [0.1, 0.15) is 0 Å². The first kappa shape index (κ1) is 8.46. The fourth-order valence-electron chi connectivity index (χ4n) is 0.897. The molecule has 64 valence electrons. The molecule has 3 nitrogen and oxygen atoms in total. The molecule has 0 aliphatic carbocycles. The summed E-state index contributed by atoms with van der Waals surface area (Å²) < 4.78 is 13.2. The van der Waals surface area contributed by atoms with Crippen LogP contribution < -0.4 is 10.6 Å². The third kappa shape index (κ3) is 1.68. The topological polar surface area (TPSA) is 41.1 Å². The van der Waals surface area contributed by atoms with Gasteiger partial charge in [0.2, 0.25) is 5.67 Å². The lowest BCUT2D eigenvalue weighted by Gasteiger charge is -2.33. The number of halogens is 1. The molecule has 1 aliphatic heterocycles. The smallest absolute Gasteiger partial charge is 0.260 e. The molecule has 1 amide bonds. The van der Waals surface area contributed by atoms with Crippen molar-refractivity contribution >= 4 is 5.91 Å². The molecule has 0 aromatic heterocycles. The van der Waals surface area contributed by atoms with Crippen LogP contribution in [0.15, 0.2) is 0 Å². The van der Waals surface area contributed by atoms with Crippen molar-refractivity contribution in [2.24, 2.45) is 0 Å². The first-order chi connectivity index (χ1) is 5.04. The minimum atomic E-state index is -1.65. The molecule has 1 rings (SSSR count). The van der Waals surface area contributed by atoms with Gasteiger partial charge < -0.3 is 10.6 Å². The van der Waals surface area contributed by atoms with Crippen LogP contribution in [0.5, 0.6) is 0 Å². The minimum absolute atomic E-state index is 0.00993. The molecule has 1 aliphatic rings. The predicted octanol–water partition coefficient (Wildman–Crippen LogP) is -0.178. The van der Waals surface area contributed by atoms with Gasteiger partial charge in [0, 0.05) is 19.1 Å². The second-order valence-corrected chi connectivity index (χ2v) is 3.20. The van der Waals surface area contributed by atoms with E-state index in [9.17, 15) is 9.18 Å². The normalized spacial score (nSPS) is 21.1. The predicted molar refractivity (Wildman–Crippen MR) is 40.0 cm³/mol. The van der Waals surface area contributed by atoms with Gasteiger partial charge in [-0.15, -0.1) is 0 Å². The Hall–Kier alpha value is -0.640. The molecule has 11 heavy (non-hydrogen) atoms. The first-order valence-electron chi connectivity index (χ1n) is 3.75. The molecular weight excluding hydrogens is 147 g/mol. The third-order valence-corrected chi connectivity index (χ3v) is 1.64. The van der Waals surface area contributed by atoms with Crippen molar-refractivity contribution in [2.45, 2.75) is 25.6 Å². The van der Waals surface area contributed by atoms with E-state index in [2.05, 4.69) is 10.6 Å². The highest BCUT2D eigenvalue weighted by Crippen LogP contribution is 2.16. The van der Waals surface area contributed by atoms with Crippen LogP contribution in [-0.4, -0.2) is 30.7 Å². The lowest BCUT2D eigenvalue weighted by atomic mass is 9.98. The lowest BCUT2D eigenvalue weighted by molar-refractivity contribution is -0.136. The van der Waals surface area contributed by atoms with E-state index in [1.807, 2.05) is 13.8 Å². The summed E-state index contributed by atoms with van der Waals surface area (Å²) in [5.74, 6) is -0.494. The number of nitrogens with one attached hydrogen (secondary N) is 2. The number of hydrogen-bond acceptors (Lipinski definition) is 2. The molecule has 0 bridgehead atoms. The number of rotatable bonds is 2. The largest absolute Gasteiger partial charge is 0.351 e. The molecule has 4 heteroatoms. The summed E-state index contributed by atoms with van der Waals surface area (Å²) in [6, 6.07) is 0.00993. The highest BCUT2D eigenvalue weighted by atomic mass is 19.1. The average Bonchev–Trinajstić information content (AvgIpc) is 1.81. The van der Waals surface area contributed by atoms with Gasteiger partial charge in [-0.1, -0.05) is 0 Å². The van der Waals surface area contributed by atoms with E-state index in [-0.39, 0.29) is 19.1 Å². The summed E-state index contributed by atoms with van der Waals surface area (Å²) >= 11 is 0. The van der Waals surface area contributed by atoms with Crippen LogP contribution >= 0.6 is 0 Å². The number of hydrogen-bond donors (Lipinski definition) is 2. The fourth-order valence-corrected chi connectivity index (χ4v) is 0.897. The van der Waals surface area contributed by atoms with Crippen molar-refractivity contribution in [1.82, 2.24) is 10.6 Å². The van der Waals surface area contributed by atoms with Crippen molar-refractivity contribution in [3.8, 4) is 0 Å². The lowest BCUT2D eigenvalue weighted by Crippen LogP contribution is -2.65. The van der Waals surface area contributed by atoms with E-state index in [1.54, 1.807) is 0 Å². The summed E-state index contributed by atoms with van der Waals surface area (Å²) in [5, 5.41) is 5.25. The van der Waals surface area contributed by atoms with Crippen LogP contribution in [0.1, 0.15) is 13.8 Å². The summed E-state index contributed by atoms with van der Waals surface area (Å²) in [4.78, 5) is 11.0. The fraction of sp³-hybridized carbons (Fsp3) is 0.857. The zero-order chi connectivity index (χ0) is 8.48. The minimum Gasteiger partial charge on any atom is -0.351 e. The van der Waals surface area contributed by atoms with E-state index in [4.69, 9.17) is 0 Å². The van der Waals surface area contributed by atoms with Crippen LogP contribution in [0.25, 0.3) is 0 Å². The highest BCUT2D eigenvalue weighted by molar-refractivity contribution is 5.86. The van der Waals surface area contributed by atoms with E-state index >= 15 is 0 Å². The summed E-state index contributed by atoms with van der Waals surface area (Å²) in [6.07, 6.45) is 0. The van der Waals surface area contributed by atoms with Crippen LogP contribution in [0, 0.1) is 0 Å². The maximum atomic E-state index is 13.2. The molecule has 0 aromatic rings. The molecule has 0 aromatic carbocycles. The molecule has 1 fully saturated rings. The van der Waals surface area contributed by atoms with Crippen molar-refractivity contribution in [2.75, 3.05) is 13.1 Å². The standard InChI is InChI=1S/C7H13FN2O/c1-5(2)10-6(11)7(8)3-9-4-7/h5,9H,3-4H2,1-2H3,(H,10,11). The summed E-state index contributed by atoms with van der Waals surface area (Å²) in [5.41, 5.74) is -1.65. The Kier molecular flexibility index (Phi) is 2.13. The van der Waals surface area contributed by atoms with Crippen molar-refractivity contribution in [3.63, 3.8) is 0 Å². The SMILES string of the molecule is CC(C)NC(=O)C1(F)CNC1. The molecule has 0 spiro atoms. The molecular formula is C7H13FN2O. The van der Waals surface area contributed by atoms with Gasteiger partial charge in [0.05, 0.1) is 0 Å². The highest BCUT2D eigenvalue weighted by Gasteiger charge is 2.44. The van der Waals surface area contributed by atoms with Crippen LogP contribution in [0.4, 0.5) is 4.39 Å². The molecule has 1 saturated heterocycles. The van der Waals surface area contributed by atoms with Crippen LogP contribution in [0.2, 0.25) is 0 Å². The monoisotopic (exact) mass is 160 g/mol. The number of alkyl halides is 1. The Labute approximate surface area is 65.3 Å². The Morgan fingerprint density at radius 3 is 2.45 bits per heavy atom. The molecule has 2 N–H and O–H groups in total. The molecule has 0 unspecified atom stereocenters. The Bertz CT molecular complexity index is 166. The second kappa shape index (κ2) is 2.77. The maximum Gasteiger partial charge on any atom is 0.260 e. The van der Waals surface area contributed by atoms with E-state index in [0.717, 1.165) is 0 Å². The molecule has 0 saturated carbocycles. The Morgan fingerprint density at radius 2 is 2.18 bits per heavy atom. The van der Waals surface area contributed by atoms with E-state index < -0.39 is 11.6 Å². The first-order valence-corrected chi connectivity index (χ1v) is 3.75. The quantitative estimate of drug-likeness (QED) is 0.588. The zero-order valence-electron chi connectivity index (χ0n) is 6.78. The van der Waals surface area contributed by atoms with Gasteiger partial charge in [-0.05, 0) is 13.8 Å². The average molecular weight is 160 g/mol. The number of amides is 1. The Morgan fingerprint density at radius 1 is 1.64 bits per heavy atom. The van der Waals surface area contributed by atoms with Gasteiger partial charge in [-0.3, -0.25) is 4.79 Å².